The SMILES string of the molecule is CCCn1c(=NC(=O)c2ccc(S(=O)(=O)N3CC(C)CC(C)C3)cc2)sc2c(C)ccc(OC)c21. The largest absolute Gasteiger partial charge is 0.495 e. The summed E-state index contributed by atoms with van der Waals surface area (Å²) in [5, 5.41) is 0. The number of carbonyl (C=O) groups excluding carboxylic acids is 1. The third kappa shape index (κ3) is 5.08. The Morgan fingerprint density at radius 2 is 1.77 bits per heavy atom. The number of sulfonamides is 1. The zero-order valence-corrected chi connectivity index (χ0v) is 22.6. The van der Waals surface area contributed by atoms with Crippen LogP contribution in [0.15, 0.2) is 46.3 Å². The number of amides is 1. The number of benzene rings is 2. The summed E-state index contributed by atoms with van der Waals surface area (Å²) in [4.78, 5) is 18.3. The maximum absolute atomic E-state index is 13.2. The van der Waals surface area contributed by atoms with Gasteiger partial charge in [-0.25, -0.2) is 8.42 Å². The van der Waals surface area contributed by atoms with E-state index in [0.717, 1.165) is 34.4 Å². The lowest BCUT2D eigenvalue weighted by atomic mass is 9.94. The van der Waals surface area contributed by atoms with Gasteiger partial charge < -0.3 is 9.30 Å². The highest BCUT2D eigenvalue weighted by atomic mass is 32.2. The van der Waals surface area contributed by atoms with Crippen molar-refractivity contribution in [1.82, 2.24) is 8.87 Å². The minimum Gasteiger partial charge on any atom is -0.495 e. The van der Waals surface area contributed by atoms with Crippen molar-refractivity contribution >= 4 is 37.5 Å². The molecule has 2 aromatic carbocycles. The quantitative estimate of drug-likeness (QED) is 0.471. The van der Waals surface area contributed by atoms with E-state index in [1.54, 1.807) is 23.5 Å². The van der Waals surface area contributed by atoms with Crippen molar-refractivity contribution in [2.75, 3.05) is 20.2 Å². The van der Waals surface area contributed by atoms with Crippen LogP contribution in [0, 0.1) is 18.8 Å². The summed E-state index contributed by atoms with van der Waals surface area (Å²) in [5.41, 5.74) is 2.39. The highest BCUT2D eigenvalue weighted by Crippen LogP contribution is 2.31. The molecule has 2 unspecified atom stereocenters. The highest BCUT2D eigenvalue weighted by molar-refractivity contribution is 7.89. The average Bonchev–Trinajstić information content (AvgIpc) is 3.18. The molecule has 9 heteroatoms. The Morgan fingerprint density at radius 1 is 1.11 bits per heavy atom. The van der Waals surface area contributed by atoms with Gasteiger partial charge in [0.25, 0.3) is 5.91 Å². The van der Waals surface area contributed by atoms with Gasteiger partial charge in [0.05, 0.1) is 16.7 Å². The third-order valence-electron chi connectivity index (χ3n) is 6.42. The lowest BCUT2D eigenvalue weighted by Crippen LogP contribution is -2.42. The number of hydrogen-bond acceptors (Lipinski definition) is 5. The van der Waals surface area contributed by atoms with E-state index in [-0.39, 0.29) is 4.90 Å². The summed E-state index contributed by atoms with van der Waals surface area (Å²) in [5.74, 6) is 1.00. The molecule has 188 valence electrons. The standard InChI is InChI=1S/C26H33N3O4S2/c1-6-13-29-23-22(33-5)12-7-19(4)24(23)34-26(29)27-25(30)20-8-10-21(11-9-20)35(31,32)28-15-17(2)14-18(3)16-28/h7-12,17-18H,6,13-16H2,1-5H3. The molecular formula is C26H33N3O4S2. The monoisotopic (exact) mass is 515 g/mol. The van der Waals surface area contributed by atoms with Gasteiger partial charge in [-0.3, -0.25) is 4.79 Å². The van der Waals surface area contributed by atoms with Crippen LogP contribution in [0.4, 0.5) is 0 Å². The topological polar surface area (TPSA) is 81.0 Å². The molecule has 2 heterocycles. The molecule has 0 spiro atoms. The molecule has 1 aromatic heterocycles. The Kier molecular flexibility index (Phi) is 7.49. The predicted molar refractivity (Wildman–Crippen MR) is 139 cm³/mol. The Hall–Kier alpha value is -2.49. The second kappa shape index (κ2) is 10.2. The summed E-state index contributed by atoms with van der Waals surface area (Å²) in [7, 11) is -1.96. The van der Waals surface area contributed by atoms with Gasteiger partial charge in [0.1, 0.15) is 11.3 Å². The van der Waals surface area contributed by atoms with E-state index in [0.29, 0.717) is 41.8 Å². The van der Waals surface area contributed by atoms with Gasteiger partial charge in [0, 0.05) is 25.2 Å². The fourth-order valence-corrected chi connectivity index (χ4v) is 7.65. The van der Waals surface area contributed by atoms with Crippen LogP contribution in [0.3, 0.4) is 0 Å². The molecule has 0 radical (unpaired) electrons. The predicted octanol–water partition coefficient (Wildman–Crippen LogP) is 4.84. The minimum atomic E-state index is -3.60. The van der Waals surface area contributed by atoms with E-state index in [1.807, 2.05) is 23.6 Å². The Bertz CT molecular complexity index is 1390. The van der Waals surface area contributed by atoms with E-state index >= 15 is 0 Å². The number of aromatic nitrogens is 1. The first-order valence-corrected chi connectivity index (χ1v) is 14.3. The van der Waals surface area contributed by atoms with E-state index < -0.39 is 15.9 Å². The number of carbonyl (C=O) groups is 1. The van der Waals surface area contributed by atoms with Crippen molar-refractivity contribution in [3.05, 3.63) is 52.3 Å². The summed E-state index contributed by atoms with van der Waals surface area (Å²) in [6, 6.07) is 10.1. The minimum absolute atomic E-state index is 0.207. The van der Waals surface area contributed by atoms with Crippen LogP contribution in [-0.4, -0.2) is 43.4 Å². The van der Waals surface area contributed by atoms with Gasteiger partial charge >= 0.3 is 0 Å². The van der Waals surface area contributed by atoms with Crippen LogP contribution in [0.25, 0.3) is 10.2 Å². The number of rotatable bonds is 6. The first-order chi connectivity index (χ1) is 16.6. The molecule has 1 amide bonds. The molecule has 35 heavy (non-hydrogen) atoms. The number of hydrogen-bond donors (Lipinski definition) is 0. The number of methoxy groups -OCH3 is 1. The van der Waals surface area contributed by atoms with Crippen LogP contribution in [0.1, 0.15) is 49.5 Å². The van der Waals surface area contributed by atoms with E-state index in [1.165, 1.54) is 23.5 Å². The van der Waals surface area contributed by atoms with Gasteiger partial charge in [0.2, 0.25) is 10.0 Å². The Morgan fingerprint density at radius 3 is 2.37 bits per heavy atom. The Balaban J connectivity index is 1.68. The van der Waals surface area contributed by atoms with Crippen molar-refractivity contribution in [2.24, 2.45) is 16.8 Å². The van der Waals surface area contributed by atoms with E-state index in [4.69, 9.17) is 4.74 Å². The second-order valence-corrected chi connectivity index (χ2v) is 12.4. The van der Waals surface area contributed by atoms with E-state index in [2.05, 4.69) is 25.8 Å². The van der Waals surface area contributed by atoms with Gasteiger partial charge in [-0.2, -0.15) is 9.30 Å². The molecule has 0 saturated carbocycles. The van der Waals surface area contributed by atoms with Crippen LogP contribution in [0.5, 0.6) is 5.75 Å². The fourth-order valence-electron chi connectivity index (χ4n) is 4.83. The van der Waals surface area contributed by atoms with Crippen LogP contribution >= 0.6 is 11.3 Å². The number of nitrogens with zero attached hydrogens (tertiary/aromatic N) is 3. The normalized spacial score (nSPS) is 19.9. The molecule has 0 N–H and O–H groups in total. The highest BCUT2D eigenvalue weighted by Gasteiger charge is 2.31. The summed E-state index contributed by atoms with van der Waals surface area (Å²) < 4.78 is 36.5. The fraction of sp³-hybridized carbons (Fsp3) is 0.462. The molecule has 0 aliphatic carbocycles. The molecule has 0 bridgehead atoms. The van der Waals surface area contributed by atoms with Crippen molar-refractivity contribution in [2.45, 2.75) is 52.0 Å². The molecule has 1 aliphatic rings. The van der Waals surface area contributed by atoms with Crippen molar-refractivity contribution in [3.8, 4) is 5.75 Å². The first kappa shape index (κ1) is 25.6. The number of thiazole rings is 1. The zero-order valence-electron chi connectivity index (χ0n) is 20.9. The summed E-state index contributed by atoms with van der Waals surface area (Å²) in [6.07, 6.45) is 1.91. The molecule has 1 fully saturated rings. The van der Waals surface area contributed by atoms with Gasteiger partial charge in [-0.1, -0.05) is 38.2 Å². The lowest BCUT2D eigenvalue weighted by molar-refractivity contribution is 0.0997. The molecule has 7 nitrogen and oxygen atoms in total. The number of aryl methyl sites for hydroxylation is 2. The number of fused-ring (bicyclic) bond motifs is 1. The first-order valence-electron chi connectivity index (χ1n) is 12.0. The molecule has 2 atom stereocenters. The molecule has 3 aromatic rings. The molecular weight excluding hydrogens is 482 g/mol. The third-order valence-corrected chi connectivity index (χ3v) is 9.48. The summed E-state index contributed by atoms with van der Waals surface area (Å²) in [6.45, 7) is 10.0. The van der Waals surface area contributed by atoms with Crippen molar-refractivity contribution in [1.29, 1.82) is 0 Å². The number of piperidine rings is 1. The van der Waals surface area contributed by atoms with Crippen molar-refractivity contribution in [3.63, 3.8) is 0 Å². The van der Waals surface area contributed by atoms with Gasteiger partial charge in [-0.15, -0.1) is 0 Å². The Labute approximate surface area is 211 Å². The van der Waals surface area contributed by atoms with Crippen molar-refractivity contribution < 1.29 is 17.9 Å². The van der Waals surface area contributed by atoms with Crippen LogP contribution < -0.4 is 9.54 Å². The molecule has 1 saturated heterocycles. The van der Waals surface area contributed by atoms with Crippen LogP contribution in [0.2, 0.25) is 0 Å². The maximum Gasteiger partial charge on any atom is 0.279 e. The zero-order chi connectivity index (χ0) is 25.3. The van der Waals surface area contributed by atoms with Gasteiger partial charge in [0.15, 0.2) is 4.80 Å². The van der Waals surface area contributed by atoms with Gasteiger partial charge in [-0.05, 0) is 67.5 Å². The average molecular weight is 516 g/mol. The van der Waals surface area contributed by atoms with Crippen LogP contribution in [-0.2, 0) is 16.6 Å². The van der Waals surface area contributed by atoms with E-state index in [9.17, 15) is 13.2 Å². The molecule has 1 aliphatic heterocycles. The number of ether oxygens (including phenoxy) is 1. The lowest BCUT2D eigenvalue weighted by Gasteiger charge is -2.34. The molecule has 4 rings (SSSR count). The maximum atomic E-state index is 13.2. The smallest absolute Gasteiger partial charge is 0.279 e. The second-order valence-electron chi connectivity index (χ2n) is 9.51. The summed E-state index contributed by atoms with van der Waals surface area (Å²) >= 11 is 1.46.